The Labute approximate surface area is 189 Å². The molecule has 1 aliphatic rings. The van der Waals surface area contributed by atoms with E-state index in [1.54, 1.807) is 23.1 Å². The van der Waals surface area contributed by atoms with Crippen molar-refractivity contribution in [1.29, 1.82) is 0 Å². The van der Waals surface area contributed by atoms with Gasteiger partial charge in [0.25, 0.3) is 5.91 Å². The Morgan fingerprint density at radius 2 is 1.88 bits per heavy atom. The van der Waals surface area contributed by atoms with Crippen LogP contribution in [0.4, 0.5) is 5.69 Å². The van der Waals surface area contributed by atoms with Crippen molar-refractivity contribution in [3.63, 3.8) is 0 Å². The van der Waals surface area contributed by atoms with Crippen LogP contribution < -0.4 is 11.1 Å². The van der Waals surface area contributed by atoms with E-state index in [9.17, 15) is 14.4 Å². The van der Waals surface area contributed by atoms with Crippen molar-refractivity contribution in [2.45, 2.75) is 32.7 Å². The minimum atomic E-state index is -0.601. The van der Waals surface area contributed by atoms with Gasteiger partial charge >= 0.3 is 5.76 Å². The molecule has 5 rings (SSSR count). The van der Waals surface area contributed by atoms with E-state index in [0.717, 1.165) is 24.8 Å². The second kappa shape index (κ2) is 8.50. The number of oxazole rings is 1. The average molecular weight is 445 g/mol. The zero-order valence-electron chi connectivity index (χ0n) is 18.2. The fourth-order valence-electron chi connectivity index (χ4n) is 4.21. The van der Waals surface area contributed by atoms with Gasteiger partial charge < -0.3 is 14.6 Å². The summed E-state index contributed by atoms with van der Waals surface area (Å²) in [4.78, 5) is 48.3. The van der Waals surface area contributed by atoms with Gasteiger partial charge in [-0.05, 0) is 56.5 Å². The Bertz CT molecular complexity index is 1430. The largest absolute Gasteiger partial charge is 0.420 e. The molecule has 9 heteroatoms. The number of piperidine rings is 1. The SMILES string of the molecule is Cc1ccc2ncnc(C(=O)Nc3ccc4oc(=O)n(CC(=O)N5CCCCC5)c4c3)c2c1. The monoisotopic (exact) mass is 445 g/mol. The quantitative estimate of drug-likeness (QED) is 0.517. The van der Waals surface area contributed by atoms with Crippen molar-refractivity contribution in [3.05, 3.63) is 64.5 Å². The van der Waals surface area contributed by atoms with Crippen LogP contribution in [0.1, 0.15) is 35.3 Å². The number of carbonyl (C=O) groups is 2. The number of hydrogen-bond acceptors (Lipinski definition) is 6. The predicted octanol–water partition coefficient (Wildman–Crippen LogP) is 3.11. The molecule has 9 nitrogen and oxygen atoms in total. The highest BCUT2D eigenvalue weighted by molar-refractivity contribution is 6.11. The molecule has 2 aromatic carbocycles. The van der Waals surface area contributed by atoms with Crippen molar-refractivity contribution in [3.8, 4) is 0 Å². The van der Waals surface area contributed by atoms with E-state index in [2.05, 4.69) is 15.3 Å². The van der Waals surface area contributed by atoms with Crippen LogP contribution in [-0.4, -0.2) is 44.3 Å². The first-order valence-corrected chi connectivity index (χ1v) is 10.9. The van der Waals surface area contributed by atoms with E-state index < -0.39 is 11.7 Å². The number of benzene rings is 2. The highest BCUT2D eigenvalue weighted by Crippen LogP contribution is 2.22. The number of fused-ring (bicyclic) bond motifs is 2. The lowest BCUT2D eigenvalue weighted by atomic mass is 10.1. The lowest BCUT2D eigenvalue weighted by molar-refractivity contribution is -0.132. The summed E-state index contributed by atoms with van der Waals surface area (Å²) >= 11 is 0. The zero-order chi connectivity index (χ0) is 22.9. The number of anilines is 1. The highest BCUT2D eigenvalue weighted by Gasteiger charge is 2.20. The van der Waals surface area contributed by atoms with E-state index in [1.807, 2.05) is 25.1 Å². The molecule has 1 aliphatic heterocycles. The molecule has 0 saturated carbocycles. The van der Waals surface area contributed by atoms with Gasteiger partial charge in [-0.2, -0.15) is 0 Å². The van der Waals surface area contributed by atoms with E-state index in [1.165, 1.54) is 10.9 Å². The molecule has 1 saturated heterocycles. The molecule has 2 aromatic heterocycles. The number of aryl methyl sites for hydroxylation is 1. The molecule has 1 fully saturated rings. The van der Waals surface area contributed by atoms with Gasteiger partial charge in [-0.1, -0.05) is 11.6 Å². The van der Waals surface area contributed by atoms with Gasteiger partial charge in [-0.3, -0.25) is 14.2 Å². The molecule has 0 radical (unpaired) electrons. The third-order valence-corrected chi connectivity index (χ3v) is 5.93. The Kier molecular flexibility index (Phi) is 5.37. The van der Waals surface area contributed by atoms with Crippen LogP contribution in [0, 0.1) is 6.92 Å². The highest BCUT2D eigenvalue weighted by atomic mass is 16.4. The molecular weight excluding hydrogens is 422 g/mol. The molecular formula is C24H23N5O4. The van der Waals surface area contributed by atoms with Crippen molar-refractivity contribution in [1.82, 2.24) is 19.4 Å². The smallest absolute Gasteiger partial charge is 0.408 e. The molecule has 0 aliphatic carbocycles. The Hall–Kier alpha value is -4.01. The standard InChI is InChI=1S/C24H23N5O4/c1-15-5-7-18-17(11-15)22(26-14-25-18)23(31)27-16-6-8-20-19(12-16)29(24(32)33-20)13-21(30)28-9-3-2-4-10-28/h5-8,11-12,14H,2-4,9-10,13H2,1H3,(H,27,31). The first kappa shape index (κ1) is 20.9. The van der Waals surface area contributed by atoms with Crippen molar-refractivity contribution in [2.75, 3.05) is 18.4 Å². The third-order valence-electron chi connectivity index (χ3n) is 5.93. The molecule has 3 heterocycles. The number of rotatable bonds is 4. The van der Waals surface area contributed by atoms with Crippen molar-refractivity contribution in [2.24, 2.45) is 0 Å². The predicted molar refractivity (Wildman–Crippen MR) is 123 cm³/mol. The summed E-state index contributed by atoms with van der Waals surface area (Å²) in [6.45, 7) is 3.25. The molecule has 0 atom stereocenters. The van der Waals surface area contributed by atoms with E-state index in [4.69, 9.17) is 4.42 Å². The lowest BCUT2D eigenvalue weighted by Crippen LogP contribution is -2.39. The number of nitrogens with zero attached hydrogens (tertiary/aromatic N) is 4. The Morgan fingerprint density at radius 1 is 1.06 bits per heavy atom. The number of nitrogens with one attached hydrogen (secondary N) is 1. The summed E-state index contributed by atoms with van der Waals surface area (Å²) < 4.78 is 6.62. The van der Waals surface area contributed by atoms with E-state index >= 15 is 0 Å². The van der Waals surface area contributed by atoms with Gasteiger partial charge in [0.2, 0.25) is 5.91 Å². The van der Waals surface area contributed by atoms with Gasteiger partial charge in [0.1, 0.15) is 18.6 Å². The van der Waals surface area contributed by atoms with Crippen LogP contribution >= 0.6 is 0 Å². The Morgan fingerprint density at radius 3 is 2.70 bits per heavy atom. The molecule has 4 aromatic rings. The molecule has 0 unspecified atom stereocenters. The second-order valence-electron chi connectivity index (χ2n) is 8.28. The number of aromatic nitrogens is 3. The topological polar surface area (TPSA) is 110 Å². The van der Waals surface area contributed by atoms with Crippen molar-refractivity contribution >= 4 is 39.5 Å². The average Bonchev–Trinajstić information content (AvgIpc) is 3.13. The molecule has 2 amide bonds. The number of hydrogen-bond donors (Lipinski definition) is 1. The van der Waals surface area contributed by atoms with Crippen LogP contribution in [0.3, 0.4) is 0 Å². The van der Waals surface area contributed by atoms with Gasteiger partial charge in [0.05, 0.1) is 11.0 Å². The summed E-state index contributed by atoms with van der Waals surface area (Å²) in [5.74, 6) is -1.11. The van der Waals surface area contributed by atoms with Crippen molar-refractivity contribution < 1.29 is 14.0 Å². The maximum atomic E-state index is 13.0. The maximum Gasteiger partial charge on any atom is 0.420 e. The number of amides is 2. The minimum absolute atomic E-state index is 0.0982. The maximum absolute atomic E-state index is 13.0. The second-order valence-corrected chi connectivity index (χ2v) is 8.28. The first-order chi connectivity index (χ1) is 16.0. The zero-order valence-corrected chi connectivity index (χ0v) is 18.2. The molecule has 0 spiro atoms. The summed E-state index contributed by atoms with van der Waals surface area (Å²) in [6.07, 6.45) is 4.42. The van der Waals surface area contributed by atoms with Crippen LogP contribution in [0.15, 0.2) is 51.9 Å². The van der Waals surface area contributed by atoms with Crippen LogP contribution in [0.2, 0.25) is 0 Å². The van der Waals surface area contributed by atoms with Gasteiger partial charge in [-0.15, -0.1) is 0 Å². The van der Waals surface area contributed by atoms with Gasteiger partial charge in [-0.25, -0.2) is 14.8 Å². The molecule has 1 N–H and O–H groups in total. The van der Waals surface area contributed by atoms with E-state index in [0.29, 0.717) is 40.8 Å². The van der Waals surface area contributed by atoms with Crippen LogP contribution in [0.25, 0.3) is 22.0 Å². The fraction of sp³-hybridized carbons (Fsp3) is 0.292. The summed E-state index contributed by atoms with van der Waals surface area (Å²) in [7, 11) is 0. The normalized spacial score (nSPS) is 14.0. The first-order valence-electron chi connectivity index (χ1n) is 10.9. The van der Waals surface area contributed by atoms with Gasteiger partial charge in [0.15, 0.2) is 5.58 Å². The summed E-state index contributed by atoms with van der Waals surface area (Å²) in [5.41, 5.74) is 3.20. The molecule has 33 heavy (non-hydrogen) atoms. The number of likely N-dealkylation sites (tertiary alicyclic amines) is 1. The fourth-order valence-corrected chi connectivity index (χ4v) is 4.21. The third kappa shape index (κ3) is 4.09. The molecule has 168 valence electrons. The van der Waals surface area contributed by atoms with Crippen LogP contribution in [0.5, 0.6) is 0 Å². The minimum Gasteiger partial charge on any atom is -0.408 e. The summed E-state index contributed by atoms with van der Waals surface area (Å²) in [5, 5.41) is 3.49. The van der Waals surface area contributed by atoms with Crippen LogP contribution in [-0.2, 0) is 11.3 Å². The molecule has 0 bridgehead atoms. The summed E-state index contributed by atoms with van der Waals surface area (Å²) in [6, 6.07) is 10.5. The van der Waals surface area contributed by atoms with Gasteiger partial charge in [0, 0.05) is 24.2 Å². The number of carbonyl (C=O) groups excluding carboxylic acids is 2. The lowest BCUT2D eigenvalue weighted by Gasteiger charge is -2.26. The van der Waals surface area contributed by atoms with E-state index in [-0.39, 0.29) is 18.1 Å². The Balaban J connectivity index is 1.43.